The SMILES string of the molecule is COC(=O)C(O)(C1=C(N2CCOCC2)/C(=C\c2ccccc2)CC1)C(F)(F)F. The van der Waals surface area contributed by atoms with Crippen molar-refractivity contribution in [2.75, 3.05) is 33.4 Å². The van der Waals surface area contributed by atoms with Crippen LogP contribution in [0.25, 0.3) is 6.08 Å². The molecule has 152 valence electrons. The van der Waals surface area contributed by atoms with Crippen LogP contribution in [0.4, 0.5) is 13.2 Å². The summed E-state index contributed by atoms with van der Waals surface area (Å²) in [5.41, 5.74) is -2.30. The minimum absolute atomic E-state index is 0.0868. The first-order valence-electron chi connectivity index (χ1n) is 8.99. The van der Waals surface area contributed by atoms with E-state index in [9.17, 15) is 23.1 Å². The fourth-order valence-corrected chi connectivity index (χ4v) is 3.67. The normalized spacial score (nSPS) is 21.8. The quantitative estimate of drug-likeness (QED) is 0.792. The van der Waals surface area contributed by atoms with E-state index in [2.05, 4.69) is 4.74 Å². The molecule has 1 unspecified atom stereocenters. The lowest BCUT2D eigenvalue weighted by molar-refractivity contribution is -0.249. The van der Waals surface area contributed by atoms with Gasteiger partial charge in [-0.15, -0.1) is 0 Å². The largest absolute Gasteiger partial charge is 0.466 e. The molecular weight excluding hydrogens is 375 g/mol. The molecule has 0 aromatic heterocycles. The highest BCUT2D eigenvalue weighted by atomic mass is 19.4. The molecule has 1 aromatic rings. The number of benzene rings is 1. The Morgan fingerprint density at radius 3 is 2.39 bits per heavy atom. The van der Waals surface area contributed by atoms with E-state index in [0.29, 0.717) is 31.9 Å². The number of ether oxygens (including phenoxy) is 2. The first-order valence-corrected chi connectivity index (χ1v) is 8.99. The second kappa shape index (κ2) is 7.97. The minimum Gasteiger partial charge on any atom is -0.466 e. The lowest BCUT2D eigenvalue weighted by atomic mass is 9.90. The lowest BCUT2D eigenvalue weighted by Crippen LogP contribution is -2.55. The van der Waals surface area contributed by atoms with Crippen LogP contribution in [-0.2, 0) is 14.3 Å². The van der Waals surface area contributed by atoms with Crippen molar-refractivity contribution in [1.82, 2.24) is 4.90 Å². The number of halogens is 3. The van der Waals surface area contributed by atoms with Crippen LogP contribution < -0.4 is 0 Å². The number of esters is 1. The third kappa shape index (κ3) is 3.66. The van der Waals surface area contributed by atoms with E-state index in [-0.39, 0.29) is 24.1 Å². The van der Waals surface area contributed by atoms with Gasteiger partial charge in [0.1, 0.15) is 0 Å². The van der Waals surface area contributed by atoms with Gasteiger partial charge in [-0.1, -0.05) is 30.3 Å². The minimum atomic E-state index is -5.20. The first-order chi connectivity index (χ1) is 13.3. The number of alkyl halides is 3. The summed E-state index contributed by atoms with van der Waals surface area (Å²) >= 11 is 0. The number of hydrogen-bond acceptors (Lipinski definition) is 5. The van der Waals surface area contributed by atoms with E-state index >= 15 is 0 Å². The van der Waals surface area contributed by atoms with Gasteiger partial charge in [0.05, 0.1) is 20.3 Å². The fourth-order valence-electron chi connectivity index (χ4n) is 3.67. The van der Waals surface area contributed by atoms with Gasteiger partial charge in [0.25, 0.3) is 5.60 Å². The summed E-state index contributed by atoms with van der Waals surface area (Å²) in [6.07, 6.45) is -3.20. The number of allylic oxidation sites excluding steroid dienone is 1. The van der Waals surface area contributed by atoms with E-state index in [1.165, 1.54) is 0 Å². The number of aliphatic hydroxyl groups is 1. The van der Waals surface area contributed by atoms with E-state index in [1.807, 2.05) is 30.3 Å². The molecule has 1 N–H and O–H groups in total. The second-order valence-electron chi connectivity index (χ2n) is 6.71. The van der Waals surface area contributed by atoms with Crippen LogP contribution >= 0.6 is 0 Å². The summed E-state index contributed by atoms with van der Waals surface area (Å²) in [6, 6.07) is 9.21. The fraction of sp³-hybridized carbons (Fsp3) is 0.450. The van der Waals surface area contributed by atoms with Crippen LogP contribution in [0.3, 0.4) is 0 Å². The van der Waals surface area contributed by atoms with Gasteiger partial charge < -0.3 is 19.5 Å². The molecule has 5 nitrogen and oxygen atoms in total. The highest BCUT2D eigenvalue weighted by molar-refractivity contribution is 5.86. The van der Waals surface area contributed by atoms with Gasteiger partial charge in [0.15, 0.2) is 0 Å². The summed E-state index contributed by atoms with van der Waals surface area (Å²) in [6.45, 7) is 1.47. The summed E-state index contributed by atoms with van der Waals surface area (Å²) in [5.74, 6) is -1.72. The number of carbonyl (C=O) groups excluding carboxylic acids is 1. The summed E-state index contributed by atoms with van der Waals surface area (Å²) in [7, 11) is 0.837. The maximum absolute atomic E-state index is 13.8. The second-order valence-corrected chi connectivity index (χ2v) is 6.71. The van der Waals surface area contributed by atoms with E-state index < -0.39 is 17.7 Å². The molecule has 8 heteroatoms. The zero-order valence-corrected chi connectivity index (χ0v) is 15.5. The van der Waals surface area contributed by atoms with Crippen molar-refractivity contribution in [3.63, 3.8) is 0 Å². The highest BCUT2D eigenvalue weighted by Crippen LogP contribution is 2.47. The predicted octanol–water partition coefficient (Wildman–Crippen LogP) is 2.92. The zero-order valence-electron chi connectivity index (χ0n) is 15.5. The van der Waals surface area contributed by atoms with Crippen LogP contribution in [0.2, 0.25) is 0 Å². The monoisotopic (exact) mass is 397 g/mol. The molecule has 1 aliphatic carbocycles. The Kier molecular flexibility index (Phi) is 5.81. The average molecular weight is 397 g/mol. The van der Waals surface area contributed by atoms with Crippen molar-refractivity contribution >= 4 is 12.0 Å². The Morgan fingerprint density at radius 1 is 1.18 bits per heavy atom. The molecule has 28 heavy (non-hydrogen) atoms. The van der Waals surface area contributed by atoms with Gasteiger partial charge in [-0.05, 0) is 30.1 Å². The van der Waals surface area contributed by atoms with E-state index in [0.717, 1.165) is 12.7 Å². The molecule has 1 atom stereocenters. The molecule has 1 fully saturated rings. The molecule has 1 aromatic carbocycles. The predicted molar refractivity (Wildman–Crippen MR) is 96.1 cm³/mol. The van der Waals surface area contributed by atoms with Crippen LogP contribution in [0.5, 0.6) is 0 Å². The Balaban J connectivity index is 2.16. The van der Waals surface area contributed by atoms with Crippen LogP contribution in [0.1, 0.15) is 18.4 Å². The molecule has 3 rings (SSSR count). The van der Waals surface area contributed by atoms with Gasteiger partial charge >= 0.3 is 12.1 Å². The molecule has 1 saturated heterocycles. The van der Waals surface area contributed by atoms with E-state index in [1.54, 1.807) is 11.0 Å². The molecule has 0 amide bonds. The number of methoxy groups -OCH3 is 1. The summed E-state index contributed by atoms with van der Waals surface area (Å²) in [5, 5.41) is 10.6. The molecule has 2 aliphatic rings. The van der Waals surface area contributed by atoms with Gasteiger partial charge in [0.2, 0.25) is 0 Å². The Hall–Kier alpha value is -2.32. The molecule has 0 bridgehead atoms. The van der Waals surface area contributed by atoms with Gasteiger partial charge in [-0.25, -0.2) is 4.79 Å². The van der Waals surface area contributed by atoms with Crippen LogP contribution in [-0.4, -0.2) is 61.2 Å². The molecule has 0 spiro atoms. The Bertz CT molecular complexity index is 782. The zero-order chi connectivity index (χ0) is 20.4. The molecule has 1 aliphatic heterocycles. The lowest BCUT2D eigenvalue weighted by Gasteiger charge is -2.35. The van der Waals surface area contributed by atoms with Gasteiger partial charge in [0, 0.05) is 24.4 Å². The number of nitrogens with zero attached hydrogens (tertiary/aromatic N) is 1. The number of rotatable bonds is 4. The van der Waals surface area contributed by atoms with Crippen molar-refractivity contribution < 1.29 is 32.5 Å². The Labute approximate surface area is 161 Å². The number of hydrogen-bond donors (Lipinski definition) is 1. The molecular formula is C20H22F3NO4. The third-order valence-corrected chi connectivity index (χ3v) is 5.03. The molecule has 0 saturated carbocycles. The van der Waals surface area contributed by atoms with Gasteiger partial charge in [-0.3, -0.25) is 0 Å². The van der Waals surface area contributed by atoms with Crippen LogP contribution in [0.15, 0.2) is 47.2 Å². The maximum Gasteiger partial charge on any atom is 0.432 e. The highest BCUT2D eigenvalue weighted by Gasteiger charge is 2.64. The van der Waals surface area contributed by atoms with Crippen molar-refractivity contribution in [3.05, 3.63) is 52.7 Å². The van der Waals surface area contributed by atoms with E-state index in [4.69, 9.17) is 4.74 Å². The molecule has 1 heterocycles. The average Bonchev–Trinajstić information content (AvgIpc) is 3.11. The topological polar surface area (TPSA) is 59.0 Å². The Morgan fingerprint density at radius 2 is 1.82 bits per heavy atom. The summed E-state index contributed by atoms with van der Waals surface area (Å²) < 4.78 is 51.2. The molecule has 0 radical (unpaired) electrons. The van der Waals surface area contributed by atoms with Crippen molar-refractivity contribution in [1.29, 1.82) is 0 Å². The van der Waals surface area contributed by atoms with Gasteiger partial charge in [-0.2, -0.15) is 13.2 Å². The summed E-state index contributed by atoms with van der Waals surface area (Å²) in [4.78, 5) is 13.8. The maximum atomic E-state index is 13.8. The van der Waals surface area contributed by atoms with Crippen LogP contribution in [0, 0.1) is 0 Å². The van der Waals surface area contributed by atoms with Crippen molar-refractivity contribution in [2.24, 2.45) is 0 Å². The third-order valence-electron chi connectivity index (χ3n) is 5.03. The van der Waals surface area contributed by atoms with Crippen molar-refractivity contribution in [3.8, 4) is 0 Å². The number of carbonyl (C=O) groups is 1. The van der Waals surface area contributed by atoms with Crippen molar-refractivity contribution in [2.45, 2.75) is 24.6 Å². The first kappa shape index (κ1) is 20.4. The number of morpholine rings is 1. The smallest absolute Gasteiger partial charge is 0.432 e. The standard InChI is InChI=1S/C20H22F3NO4/c1-27-18(25)19(26,20(21,22)23)16-8-7-15(13-14-5-3-2-4-6-14)17(16)24-9-11-28-12-10-24/h2-6,13,26H,7-12H2,1H3/b15-13-.